The van der Waals surface area contributed by atoms with E-state index in [1.165, 1.54) is 0 Å². The van der Waals surface area contributed by atoms with Gasteiger partial charge < -0.3 is 5.11 Å². The number of ketones is 1. The van der Waals surface area contributed by atoms with Crippen molar-refractivity contribution in [2.24, 2.45) is 5.92 Å². The molecule has 0 aromatic rings. The number of carboxylic acids is 1. The smallest absolute Gasteiger partial charge is 0.315 e. The molecule has 1 aliphatic heterocycles. The summed E-state index contributed by atoms with van der Waals surface area (Å²) in [6.45, 7) is 0.964. The third kappa shape index (κ3) is 1.98. The quantitative estimate of drug-likeness (QED) is 0.441. The van der Waals surface area contributed by atoms with Crippen LogP contribution in [0.3, 0.4) is 0 Å². The first-order valence-corrected chi connectivity index (χ1v) is 3.88. The Bertz CT molecular complexity index is 194. The largest absolute Gasteiger partial charge is 0.481 e. The van der Waals surface area contributed by atoms with E-state index in [0.717, 1.165) is 0 Å². The van der Waals surface area contributed by atoms with E-state index in [2.05, 4.69) is 9.39 Å². The molecule has 0 saturated carbocycles. The standard InChI is InChI=1S/C6H10NO3P/c8-5-1-2-7(11)3-4(5)6(9)10/h4H,1-3,11H2,(H,9,10). The van der Waals surface area contributed by atoms with Crippen LogP contribution in [0.1, 0.15) is 6.42 Å². The molecular weight excluding hydrogens is 165 g/mol. The molecule has 4 nitrogen and oxygen atoms in total. The SMILES string of the molecule is O=C(O)C1CN(P)CCC1=O. The first-order chi connectivity index (χ1) is 5.11. The molecule has 1 fully saturated rings. The van der Waals surface area contributed by atoms with Crippen LogP contribution in [-0.2, 0) is 9.59 Å². The molecule has 5 heteroatoms. The summed E-state index contributed by atoms with van der Waals surface area (Å²) in [5.74, 6) is -1.99. The zero-order chi connectivity index (χ0) is 8.43. The Balaban J connectivity index is 2.61. The molecular formula is C6H10NO3P. The molecule has 1 saturated heterocycles. The van der Waals surface area contributed by atoms with Gasteiger partial charge in [-0.1, -0.05) is 9.39 Å². The van der Waals surface area contributed by atoms with Crippen LogP contribution in [0, 0.1) is 5.92 Å². The number of aliphatic carboxylic acids is 1. The highest BCUT2D eigenvalue weighted by atomic mass is 31.0. The number of nitrogens with zero attached hydrogens (tertiary/aromatic N) is 1. The first-order valence-electron chi connectivity index (χ1n) is 3.36. The van der Waals surface area contributed by atoms with Crippen molar-refractivity contribution in [2.75, 3.05) is 13.1 Å². The number of carbonyl (C=O) groups is 2. The van der Waals surface area contributed by atoms with E-state index in [1.807, 2.05) is 0 Å². The highest BCUT2D eigenvalue weighted by Crippen LogP contribution is 2.15. The number of hydrogen-bond donors (Lipinski definition) is 1. The summed E-state index contributed by atoms with van der Waals surface area (Å²) >= 11 is 0. The lowest BCUT2D eigenvalue weighted by Crippen LogP contribution is -2.39. The van der Waals surface area contributed by atoms with Crippen molar-refractivity contribution in [1.82, 2.24) is 4.67 Å². The van der Waals surface area contributed by atoms with Crippen LogP contribution in [0.2, 0.25) is 0 Å². The summed E-state index contributed by atoms with van der Waals surface area (Å²) in [6, 6.07) is 0. The van der Waals surface area contributed by atoms with Crippen molar-refractivity contribution in [3.05, 3.63) is 0 Å². The summed E-state index contributed by atoms with van der Waals surface area (Å²) in [5, 5.41) is 8.57. The highest BCUT2D eigenvalue weighted by molar-refractivity contribution is 7.13. The van der Waals surface area contributed by atoms with E-state index < -0.39 is 11.9 Å². The molecule has 0 amide bonds. The lowest BCUT2D eigenvalue weighted by atomic mass is 9.98. The number of carboxylic acid groups (broad SMARTS) is 1. The third-order valence-electron chi connectivity index (χ3n) is 1.75. The van der Waals surface area contributed by atoms with E-state index in [4.69, 9.17) is 5.11 Å². The van der Waals surface area contributed by atoms with E-state index in [9.17, 15) is 9.59 Å². The zero-order valence-electron chi connectivity index (χ0n) is 5.99. The third-order valence-corrected chi connectivity index (χ3v) is 2.22. The van der Waals surface area contributed by atoms with Crippen molar-refractivity contribution < 1.29 is 14.7 Å². The Hall–Kier alpha value is -0.470. The van der Waals surface area contributed by atoms with Gasteiger partial charge in [-0.15, -0.1) is 0 Å². The maximum atomic E-state index is 11.0. The van der Waals surface area contributed by atoms with Crippen molar-refractivity contribution in [2.45, 2.75) is 6.42 Å². The van der Waals surface area contributed by atoms with Gasteiger partial charge >= 0.3 is 5.97 Å². The molecule has 0 spiro atoms. The molecule has 0 aromatic heterocycles. The van der Waals surface area contributed by atoms with Crippen molar-refractivity contribution in [1.29, 1.82) is 0 Å². The fourth-order valence-corrected chi connectivity index (χ4v) is 1.41. The fourth-order valence-electron chi connectivity index (χ4n) is 1.07. The van der Waals surface area contributed by atoms with Gasteiger partial charge in [0, 0.05) is 19.5 Å². The summed E-state index contributed by atoms with van der Waals surface area (Å²) < 4.78 is 1.78. The minimum absolute atomic E-state index is 0.156. The molecule has 11 heavy (non-hydrogen) atoms. The number of Topliss-reactive ketones (excluding diaryl/α,β-unsaturated/α-hetero) is 1. The van der Waals surface area contributed by atoms with Crippen LogP contribution in [0.25, 0.3) is 0 Å². The number of hydrogen-bond acceptors (Lipinski definition) is 3. The molecule has 2 atom stereocenters. The van der Waals surface area contributed by atoms with E-state index in [1.54, 1.807) is 4.67 Å². The van der Waals surface area contributed by atoms with Gasteiger partial charge in [-0.25, -0.2) is 0 Å². The highest BCUT2D eigenvalue weighted by Gasteiger charge is 2.30. The van der Waals surface area contributed by atoms with Gasteiger partial charge in [0.15, 0.2) is 0 Å². The molecule has 1 aliphatic rings. The van der Waals surface area contributed by atoms with Crippen LogP contribution < -0.4 is 0 Å². The van der Waals surface area contributed by atoms with E-state index in [0.29, 0.717) is 19.5 Å². The minimum Gasteiger partial charge on any atom is -0.481 e. The Morgan fingerprint density at radius 1 is 1.73 bits per heavy atom. The molecule has 1 N–H and O–H groups in total. The van der Waals surface area contributed by atoms with Crippen LogP contribution in [0.4, 0.5) is 0 Å². The number of rotatable bonds is 1. The fraction of sp³-hybridized carbons (Fsp3) is 0.667. The van der Waals surface area contributed by atoms with Gasteiger partial charge in [0.1, 0.15) is 11.7 Å². The van der Waals surface area contributed by atoms with Gasteiger partial charge in [-0.05, 0) is 0 Å². The number of carbonyl (C=O) groups excluding carboxylic acids is 1. The molecule has 0 aromatic carbocycles. The van der Waals surface area contributed by atoms with Gasteiger partial charge in [0.25, 0.3) is 0 Å². The minimum atomic E-state index is -1.01. The molecule has 0 aliphatic carbocycles. The van der Waals surface area contributed by atoms with Gasteiger partial charge in [0.05, 0.1) is 0 Å². The number of piperidine rings is 1. The average Bonchev–Trinajstić information content (AvgIpc) is 1.94. The van der Waals surface area contributed by atoms with Crippen LogP contribution in [-0.4, -0.2) is 34.6 Å². The summed E-state index contributed by atoms with van der Waals surface area (Å²) in [7, 11) is 2.41. The second-order valence-electron chi connectivity index (χ2n) is 2.60. The molecule has 1 heterocycles. The summed E-state index contributed by atoms with van der Waals surface area (Å²) in [6.07, 6.45) is 0.348. The molecule has 0 bridgehead atoms. The Labute approximate surface area is 66.8 Å². The lowest BCUT2D eigenvalue weighted by Gasteiger charge is -2.25. The summed E-state index contributed by atoms with van der Waals surface area (Å²) in [4.78, 5) is 21.4. The normalized spacial score (nSPS) is 27.0. The van der Waals surface area contributed by atoms with Crippen molar-refractivity contribution in [3.63, 3.8) is 0 Å². The van der Waals surface area contributed by atoms with Gasteiger partial charge in [-0.2, -0.15) is 0 Å². The molecule has 0 radical (unpaired) electrons. The topological polar surface area (TPSA) is 57.6 Å². The zero-order valence-corrected chi connectivity index (χ0v) is 7.14. The summed E-state index contributed by atoms with van der Waals surface area (Å²) in [5.41, 5.74) is 0. The second kappa shape index (κ2) is 3.28. The Kier molecular flexibility index (Phi) is 2.58. The van der Waals surface area contributed by atoms with Crippen LogP contribution in [0.15, 0.2) is 0 Å². The molecule has 62 valence electrons. The van der Waals surface area contributed by atoms with Crippen LogP contribution in [0.5, 0.6) is 0 Å². The maximum Gasteiger partial charge on any atom is 0.315 e. The average molecular weight is 175 g/mol. The van der Waals surface area contributed by atoms with E-state index >= 15 is 0 Å². The Morgan fingerprint density at radius 3 is 2.82 bits per heavy atom. The first kappa shape index (κ1) is 8.62. The monoisotopic (exact) mass is 175 g/mol. The predicted octanol–water partition coefficient (Wildman–Crippen LogP) is -0.248. The second-order valence-corrected chi connectivity index (χ2v) is 3.33. The van der Waals surface area contributed by atoms with Crippen molar-refractivity contribution >= 4 is 21.1 Å². The molecule has 1 rings (SSSR count). The van der Waals surface area contributed by atoms with E-state index in [-0.39, 0.29) is 5.78 Å². The van der Waals surface area contributed by atoms with Gasteiger partial charge in [0.2, 0.25) is 0 Å². The van der Waals surface area contributed by atoms with Crippen molar-refractivity contribution in [3.8, 4) is 0 Å². The lowest BCUT2D eigenvalue weighted by molar-refractivity contribution is -0.147. The van der Waals surface area contributed by atoms with Gasteiger partial charge in [-0.3, -0.25) is 14.3 Å². The Morgan fingerprint density at radius 2 is 2.36 bits per heavy atom. The molecule has 2 unspecified atom stereocenters. The predicted molar refractivity (Wildman–Crippen MR) is 42.0 cm³/mol. The van der Waals surface area contributed by atoms with Crippen LogP contribution >= 0.6 is 9.39 Å². The maximum absolute atomic E-state index is 11.0.